The summed E-state index contributed by atoms with van der Waals surface area (Å²) in [6, 6.07) is 6.10. The lowest BCUT2D eigenvalue weighted by atomic mass is 10.3. The van der Waals surface area contributed by atoms with Crippen LogP contribution in [-0.4, -0.2) is 56.3 Å². The number of aryl methyl sites for hydroxylation is 1. The van der Waals surface area contributed by atoms with E-state index in [0.29, 0.717) is 26.4 Å². The van der Waals surface area contributed by atoms with E-state index in [0.717, 1.165) is 24.4 Å². The number of nitrogens with zero attached hydrogens (tertiary/aromatic N) is 2. The third kappa shape index (κ3) is 6.69. The molecular weight excluding hydrogens is 328 g/mol. The van der Waals surface area contributed by atoms with Crippen LogP contribution in [0.2, 0.25) is 0 Å². The molecule has 0 aliphatic carbocycles. The maximum Gasteiger partial charge on any atom is 0.244 e. The third-order valence-corrected chi connectivity index (χ3v) is 3.51. The van der Waals surface area contributed by atoms with Crippen LogP contribution in [-0.2, 0) is 27.4 Å². The Bertz CT molecular complexity index is 629. The minimum atomic E-state index is -0.500. The number of carboxylic acid groups (broad SMARTS) is 1. The second-order valence-corrected chi connectivity index (χ2v) is 4.99. The van der Waals surface area contributed by atoms with E-state index in [9.17, 15) is 0 Å². The number of carbonyl (C=O) groups excluding carboxylic acids is 1. The van der Waals surface area contributed by atoms with Crippen molar-refractivity contribution in [1.29, 1.82) is 0 Å². The van der Waals surface area contributed by atoms with Crippen molar-refractivity contribution in [3.63, 3.8) is 0 Å². The first kappa shape index (κ1) is 20.9. The molecule has 0 atom stereocenters. The molecule has 0 aliphatic heterocycles. The van der Waals surface area contributed by atoms with Crippen molar-refractivity contribution in [2.24, 2.45) is 0 Å². The van der Waals surface area contributed by atoms with E-state index in [1.165, 1.54) is 5.52 Å². The summed E-state index contributed by atoms with van der Waals surface area (Å²) < 4.78 is 20.4. The predicted molar refractivity (Wildman–Crippen MR) is 89.1 cm³/mol. The summed E-state index contributed by atoms with van der Waals surface area (Å²) in [4.78, 5) is 8.25. The molecule has 1 aromatic heterocycles. The van der Waals surface area contributed by atoms with Gasteiger partial charge in [0.2, 0.25) is 6.33 Å². The number of aliphatic hydroxyl groups excluding tert-OH is 1. The molecule has 1 heterocycles. The summed E-state index contributed by atoms with van der Waals surface area (Å²) in [5, 5.41) is 16.9. The van der Waals surface area contributed by atoms with E-state index in [1.807, 2.05) is 6.07 Å². The van der Waals surface area contributed by atoms with Gasteiger partial charge in [0, 0.05) is 12.5 Å². The average Bonchev–Trinajstić information content (AvgIpc) is 2.98. The van der Waals surface area contributed by atoms with Gasteiger partial charge < -0.3 is 29.2 Å². The zero-order valence-electron chi connectivity index (χ0n) is 14.7. The van der Waals surface area contributed by atoms with Gasteiger partial charge in [-0.1, -0.05) is 0 Å². The quantitative estimate of drug-likeness (QED) is 0.346. The van der Waals surface area contributed by atoms with Crippen molar-refractivity contribution < 1.29 is 33.8 Å². The highest BCUT2D eigenvalue weighted by atomic mass is 16.5. The first-order valence-electron chi connectivity index (χ1n) is 8.10. The number of imidazole rings is 1. The molecule has 25 heavy (non-hydrogen) atoms. The molecule has 8 heteroatoms. The van der Waals surface area contributed by atoms with E-state index in [-0.39, 0.29) is 6.61 Å². The van der Waals surface area contributed by atoms with E-state index in [2.05, 4.69) is 34.5 Å². The van der Waals surface area contributed by atoms with Crippen molar-refractivity contribution >= 4 is 17.5 Å². The molecule has 1 aromatic carbocycles. The van der Waals surface area contributed by atoms with Crippen LogP contribution >= 0.6 is 0 Å². The van der Waals surface area contributed by atoms with Crippen molar-refractivity contribution in [3.05, 3.63) is 24.5 Å². The van der Waals surface area contributed by atoms with Crippen molar-refractivity contribution in [2.75, 3.05) is 40.1 Å². The summed E-state index contributed by atoms with van der Waals surface area (Å²) in [5.41, 5.74) is 2.33. The number of carbonyl (C=O) groups is 1. The Morgan fingerprint density at radius 3 is 2.52 bits per heavy atom. The molecule has 140 valence electrons. The molecule has 0 amide bonds. The number of benzene rings is 1. The Kier molecular flexibility index (Phi) is 10.2. The second-order valence-electron chi connectivity index (χ2n) is 4.99. The van der Waals surface area contributed by atoms with E-state index in [1.54, 1.807) is 7.11 Å². The zero-order chi connectivity index (χ0) is 18.5. The number of fused-ring (bicyclic) bond motifs is 1. The van der Waals surface area contributed by atoms with Gasteiger partial charge in [-0.2, -0.15) is 0 Å². The van der Waals surface area contributed by atoms with Crippen LogP contribution in [0.1, 0.15) is 6.92 Å². The fourth-order valence-corrected chi connectivity index (χ4v) is 2.38. The van der Waals surface area contributed by atoms with Crippen molar-refractivity contribution in [3.8, 4) is 5.75 Å². The molecule has 0 bridgehead atoms. The van der Waals surface area contributed by atoms with E-state index >= 15 is 0 Å². The number of hydrogen-bond acceptors (Lipinski definition) is 6. The number of hydrogen-bond donors (Lipinski definition) is 1. The Morgan fingerprint density at radius 2 is 1.92 bits per heavy atom. The zero-order valence-corrected chi connectivity index (χ0v) is 14.7. The van der Waals surface area contributed by atoms with Gasteiger partial charge in [0.1, 0.15) is 12.3 Å². The molecule has 0 unspecified atom stereocenters. The lowest BCUT2D eigenvalue weighted by Gasteiger charge is -2.03. The van der Waals surface area contributed by atoms with Crippen LogP contribution < -0.4 is 14.4 Å². The SMILES string of the molecule is CCn1c[n+](CCOCCOCCO)c2ccc(OC)cc21.O=C[O-]. The highest BCUT2D eigenvalue weighted by Gasteiger charge is 2.15. The standard InChI is InChI=1S/C16H25N2O4.CH2O2/c1-3-17-13-18(6-8-21-10-11-22-9-7-19)15-5-4-14(20-2)12-16(15)17;2-1-3/h4-5,12-13,19H,3,6-11H2,1-2H3;1H,(H,2,3)/q+1;/p-1. The Labute approximate surface area is 147 Å². The molecule has 2 aromatic rings. The van der Waals surface area contributed by atoms with Crippen LogP contribution in [0.4, 0.5) is 0 Å². The fourth-order valence-electron chi connectivity index (χ4n) is 2.38. The van der Waals surface area contributed by atoms with Gasteiger partial charge in [0.25, 0.3) is 0 Å². The van der Waals surface area contributed by atoms with Crippen LogP contribution in [0.3, 0.4) is 0 Å². The van der Waals surface area contributed by atoms with Gasteiger partial charge in [-0.25, -0.2) is 9.13 Å². The maximum absolute atomic E-state index is 8.60. The topological polar surface area (TPSA) is 96.9 Å². The molecule has 0 spiro atoms. The smallest absolute Gasteiger partial charge is 0.244 e. The average molecular weight is 354 g/mol. The number of rotatable bonds is 10. The summed E-state index contributed by atoms with van der Waals surface area (Å²) >= 11 is 0. The molecular formula is C17H26N2O6. The van der Waals surface area contributed by atoms with Gasteiger partial charge in [0.05, 0.1) is 46.7 Å². The maximum atomic E-state index is 8.60. The highest BCUT2D eigenvalue weighted by molar-refractivity contribution is 5.73. The van der Waals surface area contributed by atoms with E-state index in [4.69, 9.17) is 29.2 Å². The third-order valence-electron chi connectivity index (χ3n) is 3.51. The Balaban J connectivity index is 0.000000970. The first-order valence-corrected chi connectivity index (χ1v) is 8.10. The van der Waals surface area contributed by atoms with Crippen molar-refractivity contribution in [1.82, 2.24) is 4.57 Å². The minimum Gasteiger partial charge on any atom is -0.554 e. The summed E-state index contributed by atoms with van der Waals surface area (Å²) in [5.74, 6) is 0.865. The molecule has 2 rings (SSSR count). The van der Waals surface area contributed by atoms with Gasteiger partial charge in [0.15, 0.2) is 11.0 Å². The van der Waals surface area contributed by atoms with E-state index < -0.39 is 6.47 Å². The molecule has 0 fully saturated rings. The lowest BCUT2D eigenvalue weighted by molar-refractivity contribution is -0.674. The second kappa shape index (κ2) is 12.2. The molecule has 0 aliphatic rings. The summed E-state index contributed by atoms with van der Waals surface area (Å²) in [6.45, 7) is 5.42. The number of aliphatic hydroxyl groups is 1. The molecule has 8 nitrogen and oxygen atoms in total. The Morgan fingerprint density at radius 1 is 1.24 bits per heavy atom. The van der Waals surface area contributed by atoms with Gasteiger partial charge in [-0.05, 0) is 19.1 Å². The number of methoxy groups -OCH3 is 1. The number of ether oxygens (including phenoxy) is 3. The largest absolute Gasteiger partial charge is 0.554 e. The first-order chi connectivity index (χ1) is 12.2. The van der Waals surface area contributed by atoms with Gasteiger partial charge >= 0.3 is 0 Å². The predicted octanol–water partition coefficient (Wildman–Crippen LogP) is -0.651. The fraction of sp³-hybridized carbons (Fsp3) is 0.529. The monoisotopic (exact) mass is 354 g/mol. The van der Waals surface area contributed by atoms with Gasteiger partial charge in [-0.15, -0.1) is 0 Å². The van der Waals surface area contributed by atoms with Crippen LogP contribution in [0.15, 0.2) is 24.5 Å². The number of aromatic nitrogens is 2. The van der Waals surface area contributed by atoms with Crippen LogP contribution in [0.5, 0.6) is 5.75 Å². The molecule has 0 saturated heterocycles. The molecule has 0 saturated carbocycles. The minimum absolute atomic E-state index is 0.0514. The lowest BCUT2D eigenvalue weighted by Crippen LogP contribution is -2.35. The molecule has 1 N–H and O–H groups in total. The normalized spacial score (nSPS) is 10.4. The summed E-state index contributed by atoms with van der Waals surface area (Å²) in [6.07, 6.45) is 2.11. The highest BCUT2D eigenvalue weighted by Crippen LogP contribution is 2.18. The van der Waals surface area contributed by atoms with Gasteiger partial charge in [-0.3, -0.25) is 0 Å². The van der Waals surface area contributed by atoms with Crippen LogP contribution in [0, 0.1) is 0 Å². The van der Waals surface area contributed by atoms with Crippen LogP contribution in [0.25, 0.3) is 11.0 Å². The van der Waals surface area contributed by atoms with Crippen molar-refractivity contribution in [2.45, 2.75) is 20.0 Å². The Hall–Kier alpha value is -2.16. The summed E-state index contributed by atoms with van der Waals surface area (Å²) in [7, 11) is 1.68. The molecule has 0 radical (unpaired) electrons.